The highest BCUT2D eigenvalue weighted by atomic mass is 35.5. The number of amides is 1. The summed E-state index contributed by atoms with van der Waals surface area (Å²) in [6.07, 6.45) is 4.09. The molecule has 1 aromatic carbocycles. The number of furan rings is 1. The number of likely N-dealkylation sites (tertiary alicyclic amines) is 1. The summed E-state index contributed by atoms with van der Waals surface area (Å²) in [7, 11) is 0. The first-order chi connectivity index (χ1) is 12.1. The molecule has 3 rings (SSSR count). The van der Waals surface area contributed by atoms with Crippen LogP contribution in [0.5, 0.6) is 5.75 Å². The molecular weight excluding hydrogens is 363 g/mol. The maximum atomic E-state index is 12.1. The number of ether oxygens (including phenoxy) is 1. The van der Waals surface area contributed by atoms with Crippen molar-refractivity contribution in [3.05, 3.63) is 52.4 Å². The van der Waals surface area contributed by atoms with Crippen molar-refractivity contribution in [1.82, 2.24) is 5.32 Å². The molecule has 1 amide bonds. The lowest BCUT2D eigenvalue weighted by molar-refractivity contribution is -0.919. The van der Waals surface area contributed by atoms with Gasteiger partial charge in [-0.15, -0.1) is 0 Å². The van der Waals surface area contributed by atoms with Crippen molar-refractivity contribution in [2.24, 2.45) is 0 Å². The minimum atomic E-state index is -0.193. The maximum absolute atomic E-state index is 12.1. The molecular formula is C18H21Cl2N2O3+. The molecule has 0 spiro atoms. The first-order valence-electron chi connectivity index (χ1n) is 8.36. The molecule has 2 aromatic rings. The number of rotatable bonds is 7. The fourth-order valence-corrected chi connectivity index (χ4v) is 3.58. The second kappa shape index (κ2) is 8.61. The van der Waals surface area contributed by atoms with Crippen LogP contribution in [0.3, 0.4) is 0 Å². The van der Waals surface area contributed by atoms with Crippen LogP contribution in [0.2, 0.25) is 10.0 Å². The quantitative estimate of drug-likeness (QED) is 0.772. The van der Waals surface area contributed by atoms with E-state index in [0.29, 0.717) is 22.3 Å². The predicted octanol–water partition coefficient (Wildman–Crippen LogP) is 2.50. The molecule has 0 saturated carbocycles. The van der Waals surface area contributed by atoms with Gasteiger partial charge in [0.1, 0.15) is 5.75 Å². The monoisotopic (exact) mass is 383 g/mol. The molecule has 1 atom stereocenters. The van der Waals surface area contributed by atoms with Crippen molar-refractivity contribution in [3.63, 3.8) is 0 Å². The lowest BCUT2D eigenvalue weighted by atomic mass is 10.2. The highest BCUT2D eigenvalue weighted by Gasteiger charge is 2.29. The van der Waals surface area contributed by atoms with Gasteiger partial charge in [-0.2, -0.15) is 0 Å². The molecule has 1 fully saturated rings. The fraction of sp³-hybridized carbons (Fsp3) is 0.389. The summed E-state index contributed by atoms with van der Waals surface area (Å²) < 4.78 is 11.0. The molecule has 1 aromatic heterocycles. The zero-order valence-corrected chi connectivity index (χ0v) is 15.3. The first-order valence-corrected chi connectivity index (χ1v) is 9.11. The van der Waals surface area contributed by atoms with Gasteiger partial charge in [-0.1, -0.05) is 23.2 Å². The van der Waals surface area contributed by atoms with Gasteiger partial charge < -0.3 is 19.4 Å². The number of carbonyl (C=O) groups excluding carboxylic acids is 1. The minimum Gasteiger partial charge on any atom is -0.482 e. The normalized spacial score (nSPS) is 15.9. The van der Waals surface area contributed by atoms with Crippen LogP contribution in [-0.2, 0) is 4.79 Å². The summed E-state index contributed by atoms with van der Waals surface area (Å²) in [5.74, 6) is 1.15. The van der Waals surface area contributed by atoms with E-state index in [4.69, 9.17) is 32.4 Å². The Morgan fingerprint density at radius 1 is 1.28 bits per heavy atom. The van der Waals surface area contributed by atoms with Gasteiger partial charge in [0.25, 0.3) is 5.91 Å². The van der Waals surface area contributed by atoms with Gasteiger partial charge in [0.05, 0.1) is 30.9 Å². The Bertz CT molecular complexity index is 700. The summed E-state index contributed by atoms with van der Waals surface area (Å²) >= 11 is 11.9. The summed E-state index contributed by atoms with van der Waals surface area (Å²) in [6.45, 7) is 2.61. The van der Waals surface area contributed by atoms with Crippen LogP contribution < -0.4 is 15.0 Å². The van der Waals surface area contributed by atoms with Gasteiger partial charge in [-0.3, -0.25) is 4.79 Å². The average Bonchev–Trinajstić information content (AvgIpc) is 3.28. The van der Waals surface area contributed by atoms with E-state index in [2.05, 4.69) is 5.32 Å². The van der Waals surface area contributed by atoms with Gasteiger partial charge >= 0.3 is 0 Å². The zero-order valence-electron chi connectivity index (χ0n) is 13.8. The van der Waals surface area contributed by atoms with Crippen molar-refractivity contribution in [2.45, 2.75) is 18.9 Å². The maximum Gasteiger partial charge on any atom is 0.258 e. The number of nitrogens with one attached hydrogen (secondary N) is 2. The third-order valence-electron chi connectivity index (χ3n) is 4.38. The molecule has 1 aliphatic heterocycles. The van der Waals surface area contributed by atoms with Gasteiger partial charge in [0.2, 0.25) is 0 Å². The summed E-state index contributed by atoms with van der Waals surface area (Å²) in [4.78, 5) is 13.6. The average molecular weight is 384 g/mol. The van der Waals surface area contributed by atoms with Crippen LogP contribution in [-0.4, -0.2) is 32.1 Å². The minimum absolute atomic E-state index is 0.0957. The van der Waals surface area contributed by atoms with Gasteiger partial charge in [0, 0.05) is 17.9 Å². The van der Waals surface area contributed by atoms with E-state index < -0.39 is 0 Å². The van der Waals surface area contributed by atoms with Gasteiger partial charge in [-0.05, 0) is 30.3 Å². The molecule has 2 heterocycles. The summed E-state index contributed by atoms with van der Waals surface area (Å²) in [5, 5.41) is 3.84. The highest BCUT2D eigenvalue weighted by molar-refractivity contribution is 6.35. The molecule has 1 aliphatic rings. The van der Waals surface area contributed by atoms with Crippen LogP contribution in [0.25, 0.3) is 0 Å². The Labute approximate surface area is 156 Å². The topological polar surface area (TPSA) is 55.9 Å². The van der Waals surface area contributed by atoms with Crippen molar-refractivity contribution in [2.75, 3.05) is 26.2 Å². The van der Waals surface area contributed by atoms with Crippen LogP contribution >= 0.6 is 23.2 Å². The van der Waals surface area contributed by atoms with Crippen LogP contribution in [0.1, 0.15) is 24.6 Å². The Morgan fingerprint density at radius 2 is 2.08 bits per heavy atom. The first kappa shape index (κ1) is 18.1. The molecule has 25 heavy (non-hydrogen) atoms. The second-order valence-corrected chi connectivity index (χ2v) is 6.94. The highest BCUT2D eigenvalue weighted by Crippen LogP contribution is 2.27. The smallest absolute Gasteiger partial charge is 0.258 e. The molecule has 5 nitrogen and oxygen atoms in total. The lowest BCUT2D eigenvalue weighted by Crippen LogP contribution is -3.11. The Kier molecular flexibility index (Phi) is 6.24. The molecule has 134 valence electrons. The molecule has 0 radical (unpaired) electrons. The number of hydrogen-bond donors (Lipinski definition) is 2. The molecule has 2 N–H and O–H groups in total. The number of quaternary nitrogens is 1. The number of carbonyl (C=O) groups is 1. The molecule has 0 aliphatic carbocycles. The van der Waals surface area contributed by atoms with Crippen LogP contribution in [0.15, 0.2) is 41.0 Å². The third kappa shape index (κ3) is 4.91. The summed E-state index contributed by atoms with van der Waals surface area (Å²) in [6, 6.07) is 8.88. The lowest BCUT2D eigenvalue weighted by Gasteiger charge is -2.23. The molecule has 7 heteroatoms. The number of hydrogen-bond acceptors (Lipinski definition) is 3. The van der Waals surface area contributed by atoms with E-state index in [1.807, 2.05) is 12.1 Å². The molecule has 0 bridgehead atoms. The molecule has 0 unspecified atom stereocenters. The van der Waals surface area contributed by atoms with E-state index in [1.54, 1.807) is 24.5 Å². The van der Waals surface area contributed by atoms with Crippen LogP contribution in [0.4, 0.5) is 0 Å². The SMILES string of the molecule is O=C(COc1ccc(Cl)cc1Cl)NC[C@@H](c1ccco1)[NH+]1CCCC1. The van der Waals surface area contributed by atoms with E-state index in [9.17, 15) is 4.79 Å². The van der Waals surface area contributed by atoms with E-state index in [0.717, 1.165) is 18.8 Å². The van der Waals surface area contributed by atoms with Crippen molar-refractivity contribution in [3.8, 4) is 5.75 Å². The Morgan fingerprint density at radius 3 is 2.76 bits per heavy atom. The zero-order chi connectivity index (χ0) is 17.6. The van der Waals surface area contributed by atoms with Crippen LogP contribution in [0, 0.1) is 0 Å². The largest absolute Gasteiger partial charge is 0.482 e. The van der Waals surface area contributed by atoms with Crippen molar-refractivity contribution < 1.29 is 18.8 Å². The number of halogens is 2. The predicted molar refractivity (Wildman–Crippen MR) is 96.3 cm³/mol. The molecule has 1 saturated heterocycles. The van der Waals surface area contributed by atoms with Gasteiger partial charge in [0.15, 0.2) is 18.4 Å². The Balaban J connectivity index is 1.53. The van der Waals surface area contributed by atoms with Crippen molar-refractivity contribution >= 4 is 29.1 Å². The number of benzene rings is 1. The van der Waals surface area contributed by atoms with E-state index >= 15 is 0 Å². The Hall–Kier alpha value is -1.69. The third-order valence-corrected chi connectivity index (χ3v) is 4.91. The second-order valence-electron chi connectivity index (χ2n) is 6.10. The van der Waals surface area contributed by atoms with E-state index in [1.165, 1.54) is 17.7 Å². The van der Waals surface area contributed by atoms with Crippen molar-refractivity contribution in [1.29, 1.82) is 0 Å². The van der Waals surface area contributed by atoms with Gasteiger partial charge in [-0.25, -0.2) is 0 Å². The standard InChI is InChI=1S/C18H20Cl2N2O3/c19-13-5-6-16(14(20)10-13)25-12-18(23)21-11-15(17-4-3-9-24-17)22-7-1-2-8-22/h3-6,9-10,15H,1-2,7-8,11-12H2,(H,21,23)/p+1/t15-/m0/s1. The fourth-order valence-electron chi connectivity index (χ4n) is 3.12. The summed E-state index contributed by atoms with van der Waals surface area (Å²) in [5.41, 5.74) is 0. The van der Waals surface area contributed by atoms with E-state index in [-0.39, 0.29) is 18.6 Å².